The molecule has 136 valence electrons. The first kappa shape index (κ1) is 18.2. The maximum atomic E-state index is 11.5. The molecule has 1 heterocycles. The van der Waals surface area contributed by atoms with Crippen LogP contribution in [0, 0.1) is 0 Å². The van der Waals surface area contributed by atoms with Crippen LogP contribution < -0.4 is 5.32 Å². The van der Waals surface area contributed by atoms with Crippen LogP contribution in [0.1, 0.15) is 40.6 Å². The number of esters is 1. The van der Waals surface area contributed by atoms with E-state index in [1.807, 2.05) is 36.4 Å². The first-order valence-electron chi connectivity index (χ1n) is 8.63. The highest BCUT2D eigenvalue weighted by Crippen LogP contribution is 2.26. The Bertz CT molecular complexity index is 869. The average molecular weight is 353 g/mol. The first-order valence-corrected chi connectivity index (χ1v) is 8.63. The number of nitrogens with one attached hydrogen (secondary N) is 1. The molecule has 0 fully saturated rings. The van der Waals surface area contributed by atoms with E-state index >= 15 is 0 Å². The van der Waals surface area contributed by atoms with Crippen LogP contribution in [0.3, 0.4) is 0 Å². The van der Waals surface area contributed by atoms with Crippen LogP contribution >= 0.6 is 0 Å². The molecule has 0 aliphatic rings. The molecule has 3 aromatic rings. The monoisotopic (exact) mass is 353 g/mol. The number of benzene rings is 2. The smallest absolute Gasteiger partial charge is 0.337 e. The van der Waals surface area contributed by atoms with Crippen LogP contribution in [0.4, 0.5) is 0 Å². The van der Waals surface area contributed by atoms with Gasteiger partial charge in [0.25, 0.3) is 0 Å². The van der Waals surface area contributed by atoms with Gasteiger partial charge in [-0.15, -0.1) is 0 Å². The standard InChI is InChI=1S/C21H23NO4/c1-14(15-7-9-16(10-8-15)21(24)25-2)11-22-12-19(23)20-18-6-4-3-5-17(18)13-26-20/h3-10,13-14,19,22-23H,11-12H2,1-2H3/t14?,19-/m1/s1. The summed E-state index contributed by atoms with van der Waals surface area (Å²) in [5, 5.41) is 15.6. The summed E-state index contributed by atoms with van der Waals surface area (Å²) in [4.78, 5) is 11.5. The van der Waals surface area contributed by atoms with Crippen LogP contribution in [0.5, 0.6) is 0 Å². The molecule has 2 aromatic carbocycles. The van der Waals surface area contributed by atoms with Gasteiger partial charge in [-0.2, -0.15) is 0 Å². The fourth-order valence-electron chi connectivity index (χ4n) is 2.99. The van der Waals surface area contributed by atoms with Crippen molar-refractivity contribution in [2.24, 2.45) is 0 Å². The number of carbonyl (C=O) groups excluding carboxylic acids is 1. The van der Waals surface area contributed by atoms with E-state index < -0.39 is 6.10 Å². The zero-order valence-electron chi connectivity index (χ0n) is 14.9. The number of aliphatic hydroxyl groups excluding tert-OH is 1. The average Bonchev–Trinajstić information content (AvgIpc) is 3.11. The predicted molar refractivity (Wildman–Crippen MR) is 100 cm³/mol. The molecule has 3 rings (SSSR count). The minimum absolute atomic E-state index is 0.238. The van der Waals surface area contributed by atoms with Crippen molar-refractivity contribution in [1.82, 2.24) is 5.32 Å². The first-order chi connectivity index (χ1) is 12.6. The lowest BCUT2D eigenvalue weighted by Gasteiger charge is -2.15. The van der Waals surface area contributed by atoms with Gasteiger partial charge in [0.2, 0.25) is 0 Å². The maximum absolute atomic E-state index is 11.5. The van der Waals surface area contributed by atoms with Crippen LogP contribution in [-0.4, -0.2) is 31.3 Å². The lowest BCUT2D eigenvalue weighted by Crippen LogP contribution is -2.25. The van der Waals surface area contributed by atoms with E-state index in [-0.39, 0.29) is 11.9 Å². The van der Waals surface area contributed by atoms with E-state index in [0.717, 1.165) is 16.3 Å². The Morgan fingerprint density at radius 3 is 2.62 bits per heavy atom. The lowest BCUT2D eigenvalue weighted by molar-refractivity contribution is 0.0600. The van der Waals surface area contributed by atoms with E-state index in [1.54, 1.807) is 18.4 Å². The number of carbonyl (C=O) groups is 1. The summed E-state index contributed by atoms with van der Waals surface area (Å²) in [6, 6.07) is 15.2. The summed E-state index contributed by atoms with van der Waals surface area (Å²) in [6.07, 6.45) is 0.961. The van der Waals surface area contributed by atoms with Crippen molar-refractivity contribution >= 4 is 16.7 Å². The highest BCUT2D eigenvalue weighted by atomic mass is 16.5. The van der Waals surface area contributed by atoms with Crippen molar-refractivity contribution < 1.29 is 19.1 Å². The van der Waals surface area contributed by atoms with Gasteiger partial charge in [0.15, 0.2) is 0 Å². The van der Waals surface area contributed by atoms with Crippen molar-refractivity contribution in [3.05, 3.63) is 71.7 Å². The van der Waals surface area contributed by atoms with Crippen molar-refractivity contribution in [1.29, 1.82) is 0 Å². The van der Waals surface area contributed by atoms with Gasteiger partial charge in [0, 0.05) is 23.9 Å². The van der Waals surface area contributed by atoms with E-state index in [4.69, 9.17) is 9.15 Å². The topological polar surface area (TPSA) is 71.7 Å². The van der Waals surface area contributed by atoms with Crippen LogP contribution in [0.15, 0.2) is 59.2 Å². The molecule has 0 amide bonds. The van der Waals surface area contributed by atoms with Crippen molar-refractivity contribution in [2.75, 3.05) is 20.2 Å². The van der Waals surface area contributed by atoms with Gasteiger partial charge in [-0.3, -0.25) is 0 Å². The molecule has 0 aliphatic heterocycles. The predicted octanol–water partition coefficient (Wildman–Crippen LogP) is 3.65. The third-order valence-corrected chi connectivity index (χ3v) is 4.53. The zero-order chi connectivity index (χ0) is 18.5. The third-order valence-electron chi connectivity index (χ3n) is 4.53. The molecule has 0 radical (unpaired) electrons. The molecule has 26 heavy (non-hydrogen) atoms. The molecule has 1 aromatic heterocycles. The van der Waals surface area contributed by atoms with Crippen LogP contribution in [0.2, 0.25) is 0 Å². The molecule has 0 spiro atoms. The number of hydrogen-bond donors (Lipinski definition) is 2. The fraction of sp³-hybridized carbons (Fsp3) is 0.286. The third kappa shape index (κ3) is 3.95. The molecule has 0 aliphatic carbocycles. The summed E-state index contributed by atoms with van der Waals surface area (Å²) in [5.41, 5.74) is 1.65. The normalized spacial score (nSPS) is 13.5. The van der Waals surface area contributed by atoms with Crippen molar-refractivity contribution in [2.45, 2.75) is 18.9 Å². The van der Waals surface area contributed by atoms with Gasteiger partial charge >= 0.3 is 5.97 Å². The van der Waals surface area contributed by atoms with Crippen LogP contribution in [-0.2, 0) is 4.74 Å². The van der Waals surface area contributed by atoms with Gasteiger partial charge in [0.1, 0.15) is 11.9 Å². The van der Waals surface area contributed by atoms with Gasteiger partial charge in [-0.1, -0.05) is 43.3 Å². The highest BCUT2D eigenvalue weighted by molar-refractivity contribution is 5.89. The minimum Gasteiger partial charge on any atom is -0.465 e. The van der Waals surface area contributed by atoms with Crippen molar-refractivity contribution in [3.63, 3.8) is 0 Å². The van der Waals surface area contributed by atoms with E-state index in [2.05, 4.69) is 12.2 Å². The number of rotatable bonds is 7. The number of methoxy groups -OCH3 is 1. The Morgan fingerprint density at radius 2 is 1.88 bits per heavy atom. The summed E-state index contributed by atoms with van der Waals surface area (Å²) in [6.45, 7) is 3.20. The van der Waals surface area contributed by atoms with Crippen molar-refractivity contribution in [3.8, 4) is 0 Å². The van der Waals surface area contributed by atoms with Gasteiger partial charge in [0.05, 0.1) is 18.9 Å². The fourth-order valence-corrected chi connectivity index (χ4v) is 2.99. The van der Waals surface area contributed by atoms with Gasteiger partial charge < -0.3 is 19.6 Å². The zero-order valence-corrected chi connectivity index (χ0v) is 14.9. The van der Waals surface area contributed by atoms with Crippen LogP contribution in [0.25, 0.3) is 10.8 Å². The SMILES string of the molecule is COC(=O)c1ccc(C(C)CNC[C@@H](O)c2occ3ccccc23)cc1. The molecule has 0 saturated carbocycles. The second kappa shape index (κ2) is 8.17. The quantitative estimate of drug-likeness (QED) is 0.635. The highest BCUT2D eigenvalue weighted by Gasteiger charge is 2.16. The Balaban J connectivity index is 1.54. The molecular formula is C21H23NO4. The molecule has 0 bridgehead atoms. The summed E-state index contributed by atoms with van der Waals surface area (Å²) in [5.74, 6) is 0.488. The summed E-state index contributed by atoms with van der Waals surface area (Å²) in [7, 11) is 1.37. The second-order valence-corrected chi connectivity index (χ2v) is 6.38. The number of aliphatic hydroxyl groups is 1. The van der Waals surface area contributed by atoms with E-state index in [1.165, 1.54) is 7.11 Å². The van der Waals surface area contributed by atoms with E-state index in [9.17, 15) is 9.90 Å². The molecule has 1 unspecified atom stereocenters. The van der Waals surface area contributed by atoms with Gasteiger partial charge in [-0.25, -0.2) is 4.79 Å². The van der Waals surface area contributed by atoms with Gasteiger partial charge in [-0.05, 0) is 23.6 Å². The van der Waals surface area contributed by atoms with E-state index in [0.29, 0.717) is 24.4 Å². The Kier molecular flexibility index (Phi) is 5.71. The largest absolute Gasteiger partial charge is 0.465 e. The lowest BCUT2D eigenvalue weighted by atomic mass is 9.99. The number of ether oxygens (including phenoxy) is 1. The molecule has 2 atom stereocenters. The molecule has 2 N–H and O–H groups in total. The molecular weight excluding hydrogens is 330 g/mol. The Morgan fingerprint density at radius 1 is 1.15 bits per heavy atom. The molecule has 0 saturated heterocycles. The minimum atomic E-state index is -0.705. The Hall–Kier alpha value is -2.63. The summed E-state index contributed by atoms with van der Waals surface area (Å²) < 4.78 is 10.2. The molecule has 5 heteroatoms. The Labute approximate surface area is 152 Å². The summed E-state index contributed by atoms with van der Waals surface area (Å²) >= 11 is 0. The number of furan rings is 1. The molecule has 5 nitrogen and oxygen atoms in total. The maximum Gasteiger partial charge on any atom is 0.337 e. The number of fused-ring (bicyclic) bond motifs is 1. The second-order valence-electron chi connectivity index (χ2n) is 6.38. The number of hydrogen-bond acceptors (Lipinski definition) is 5.